The van der Waals surface area contributed by atoms with Gasteiger partial charge < -0.3 is 5.11 Å². The van der Waals surface area contributed by atoms with Crippen molar-refractivity contribution in [3.63, 3.8) is 0 Å². The van der Waals surface area contributed by atoms with Crippen LogP contribution in [0.15, 0.2) is 42.0 Å². The first-order valence-electron chi connectivity index (χ1n) is 14.7. The SMILES string of the molecule is CC(C)CCC[C@@H](C)[C@H]1CC[C@H]2[C@@H]3CC=C4C[C@@H](O)CC(c5ccccc5)[C@]4(C)[C@H]3CC[C@]12C. The molecule has 1 aromatic rings. The molecule has 188 valence electrons. The Bertz CT molecular complexity index is 870. The number of hydrogen-bond donors (Lipinski definition) is 1. The fourth-order valence-electron chi connectivity index (χ4n) is 9.93. The number of hydrogen-bond acceptors (Lipinski definition) is 1. The van der Waals surface area contributed by atoms with Crippen molar-refractivity contribution < 1.29 is 5.11 Å². The third-order valence-electron chi connectivity index (χ3n) is 11.6. The molecule has 4 aliphatic rings. The highest BCUT2D eigenvalue weighted by atomic mass is 16.3. The lowest BCUT2D eigenvalue weighted by Crippen LogP contribution is -2.53. The molecule has 3 fully saturated rings. The standard InChI is InChI=1S/C33H50O/c1-22(2)10-9-11-23(3)28-16-17-29-27-15-14-25-20-26(34)21-31(24-12-7-6-8-13-24)33(25,5)30(27)18-19-32(28,29)4/h6-8,12-14,22-23,26-31,34H,9-11,15-21H2,1-5H3/t23-,26-,27+,28-,29+,30+,31?,32-,33+/m1/s1. The molecule has 0 heterocycles. The van der Waals surface area contributed by atoms with E-state index in [1.54, 1.807) is 5.57 Å². The lowest BCUT2D eigenvalue weighted by molar-refractivity contribution is -0.0652. The summed E-state index contributed by atoms with van der Waals surface area (Å²) in [7, 11) is 0. The van der Waals surface area contributed by atoms with Gasteiger partial charge >= 0.3 is 0 Å². The maximum atomic E-state index is 10.8. The number of rotatable bonds is 6. The molecule has 5 rings (SSSR count). The topological polar surface area (TPSA) is 20.2 Å². The van der Waals surface area contributed by atoms with Gasteiger partial charge in [0.2, 0.25) is 0 Å². The van der Waals surface area contributed by atoms with Gasteiger partial charge in [-0.25, -0.2) is 0 Å². The van der Waals surface area contributed by atoms with Crippen molar-refractivity contribution in [2.24, 2.45) is 46.3 Å². The van der Waals surface area contributed by atoms with Gasteiger partial charge in [-0.3, -0.25) is 0 Å². The van der Waals surface area contributed by atoms with E-state index in [1.807, 2.05) is 0 Å². The Morgan fingerprint density at radius 1 is 0.971 bits per heavy atom. The Labute approximate surface area is 209 Å². The van der Waals surface area contributed by atoms with E-state index in [1.165, 1.54) is 56.9 Å². The van der Waals surface area contributed by atoms with Gasteiger partial charge in [-0.1, -0.05) is 95.9 Å². The van der Waals surface area contributed by atoms with Crippen LogP contribution in [-0.2, 0) is 0 Å². The van der Waals surface area contributed by atoms with Gasteiger partial charge in [-0.2, -0.15) is 0 Å². The molecule has 0 spiro atoms. The molecular weight excluding hydrogens is 412 g/mol. The highest BCUT2D eigenvalue weighted by Gasteiger charge is 2.61. The summed E-state index contributed by atoms with van der Waals surface area (Å²) >= 11 is 0. The van der Waals surface area contributed by atoms with E-state index < -0.39 is 0 Å². The van der Waals surface area contributed by atoms with E-state index in [0.29, 0.717) is 11.3 Å². The van der Waals surface area contributed by atoms with Crippen molar-refractivity contribution in [3.8, 4) is 0 Å². The summed E-state index contributed by atoms with van der Waals surface area (Å²) in [4.78, 5) is 0. The Morgan fingerprint density at radius 2 is 1.74 bits per heavy atom. The zero-order valence-corrected chi connectivity index (χ0v) is 22.6. The Hall–Kier alpha value is -1.08. The molecule has 3 saturated carbocycles. The third-order valence-corrected chi connectivity index (χ3v) is 11.6. The third kappa shape index (κ3) is 4.03. The Balaban J connectivity index is 1.41. The van der Waals surface area contributed by atoms with E-state index in [9.17, 15) is 5.11 Å². The molecule has 1 aromatic carbocycles. The molecule has 1 heteroatoms. The van der Waals surface area contributed by atoms with Crippen LogP contribution in [-0.4, -0.2) is 11.2 Å². The maximum absolute atomic E-state index is 10.8. The van der Waals surface area contributed by atoms with Crippen LogP contribution in [0.2, 0.25) is 0 Å². The van der Waals surface area contributed by atoms with Crippen LogP contribution in [0.4, 0.5) is 0 Å². The second-order valence-corrected chi connectivity index (χ2v) is 13.7. The molecule has 9 atom stereocenters. The number of benzene rings is 1. The molecule has 1 unspecified atom stereocenters. The minimum atomic E-state index is -0.183. The minimum Gasteiger partial charge on any atom is -0.393 e. The van der Waals surface area contributed by atoms with Gasteiger partial charge in [0.25, 0.3) is 0 Å². The first-order valence-corrected chi connectivity index (χ1v) is 14.7. The summed E-state index contributed by atoms with van der Waals surface area (Å²) in [5.41, 5.74) is 3.79. The van der Waals surface area contributed by atoms with Crippen molar-refractivity contribution in [3.05, 3.63) is 47.5 Å². The Morgan fingerprint density at radius 3 is 2.47 bits per heavy atom. The quantitative estimate of drug-likeness (QED) is 0.419. The zero-order chi connectivity index (χ0) is 24.1. The number of fused-ring (bicyclic) bond motifs is 5. The number of allylic oxidation sites excluding steroid dienone is 1. The summed E-state index contributed by atoms with van der Waals surface area (Å²) in [5.74, 6) is 5.58. The van der Waals surface area contributed by atoms with E-state index in [-0.39, 0.29) is 11.5 Å². The zero-order valence-electron chi connectivity index (χ0n) is 22.6. The van der Waals surface area contributed by atoms with Gasteiger partial charge in [0.05, 0.1) is 6.10 Å². The van der Waals surface area contributed by atoms with Gasteiger partial charge in [0.1, 0.15) is 0 Å². The summed E-state index contributed by atoms with van der Waals surface area (Å²) < 4.78 is 0. The average molecular weight is 463 g/mol. The van der Waals surface area contributed by atoms with Gasteiger partial charge in [-0.05, 0) is 103 Å². The van der Waals surface area contributed by atoms with Crippen LogP contribution in [0.25, 0.3) is 0 Å². The molecule has 0 aromatic heterocycles. The smallest absolute Gasteiger partial charge is 0.0583 e. The highest BCUT2D eigenvalue weighted by Crippen LogP contribution is 2.69. The molecule has 0 bridgehead atoms. The summed E-state index contributed by atoms with van der Waals surface area (Å²) in [6.45, 7) is 12.6. The van der Waals surface area contributed by atoms with Crippen LogP contribution >= 0.6 is 0 Å². The maximum Gasteiger partial charge on any atom is 0.0583 e. The Kier molecular flexibility index (Phi) is 6.82. The van der Waals surface area contributed by atoms with Crippen LogP contribution in [0.1, 0.15) is 110 Å². The van der Waals surface area contributed by atoms with Gasteiger partial charge in [-0.15, -0.1) is 0 Å². The van der Waals surface area contributed by atoms with E-state index in [2.05, 4.69) is 71.0 Å². The molecule has 4 aliphatic carbocycles. The summed E-state index contributed by atoms with van der Waals surface area (Å²) in [5, 5.41) is 10.8. The first-order chi connectivity index (χ1) is 16.2. The van der Waals surface area contributed by atoms with Crippen LogP contribution in [0, 0.1) is 46.3 Å². The average Bonchev–Trinajstić information content (AvgIpc) is 3.16. The predicted octanol–water partition coefficient (Wildman–Crippen LogP) is 8.78. The van der Waals surface area contributed by atoms with E-state index in [4.69, 9.17) is 0 Å². The fraction of sp³-hybridized carbons (Fsp3) is 0.758. The van der Waals surface area contributed by atoms with Crippen molar-refractivity contribution in [2.75, 3.05) is 0 Å². The molecule has 1 N–H and O–H groups in total. The van der Waals surface area contributed by atoms with Gasteiger partial charge in [0, 0.05) is 0 Å². The molecule has 1 nitrogen and oxygen atoms in total. The monoisotopic (exact) mass is 462 g/mol. The summed E-state index contributed by atoms with van der Waals surface area (Å²) in [6, 6.07) is 11.2. The van der Waals surface area contributed by atoms with Crippen LogP contribution < -0.4 is 0 Å². The fourth-order valence-corrected chi connectivity index (χ4v) is 9.93. The van der Waals surface area contributed by atoms with E-state index in [0.717, 1.165) is 48.3 Å². The molecule has 0 amide bonds. The van der Waals surface area contributed by atoms with Crippen molar-refractivity contribution in [2.45, 2.75) is 111 Å². The molecule has 0 aliphatic heterocycles. The normalized spacial score (nSPS) is 42.5. The lowest BCUT2D eigenvalue weighted by Gasteiger charge is -2.60. The molecule has 0 saturated heterocycles. The van der Waals surface area contributed by atoms with Crippen molar-refractivity contribution >= 4 is 0 Å². The van der Waals surface area contributed by atoms with Crippen LogP contribution in [0.3, 0.4) is 0 Å². The minimum absolute atomic E-state index is 0.183. The van der Waals surface area contributed by atoms with Crippen LogP contribution in [0.5, 0.6) is 0 Å². The summed E-state index contributed by atoms with van der Waals surface area (Å²) in [6.07, 6.45) is 15.5. The first kappa shape index (κ1) is 24.6. The second-order valence-electron chi connectivity index (χ2n) is 13.7. The largest absolute Gasteiger partial charge is 0.393 e. The lowest BCUT2D eigenvalue weighted by atomic mass is 9.44. The molecule has 34 heavy (non-hydrogen) atoms. The highest BCUT2D eigenvalue weighted by molar-refractivity contribution is 5.35. The molecule has 0 radical (unpaired) electrons. The second kappa shape index (κ2) is 9.42. The van der Waals surface area contributed by atoms with Crippen molar-refractivity contribution in [1.29, 1.82) is 0 Å². The number of aliphatic hydroxyl groups is 1. The molecular formula is C33H50O. The van der Waals surface area contributed by atoms with E-state index >= 15 is 0 Å². The number of aliphatic hydroxyl groups excluding tert-OH is 1. The van der Waals surface area contributed by atoms with Crippen molar-refractivity contribution in [1.82, 2.24) is 0 Å². The predicted molar refractivity (Wildman–Crippen MR) is 144 cm³/mol. The van der Waals surface area contributed by atoms with Gasteiger partial charge in [0.15, 0.2) is 0 Å².